The van der Waals surface area contributed by atoms with Crippen LogP contribution in [0.25, 0.3) is 5.69 Å². The maximum absolute atomic E-state index is 5.55. The van der Waals surface area contributed by atoms with Crippen molar-refractivity contribution in [2.24, 2.45) is 11.8 Å². The highest BCUT2D eigenvalue weighted by atomic mass is 16.5. The van der Waals surface area contributed by atoms with E-state index in [4.69, 9.17) is 4.74 Å². The Kier molecular flexibility index (Phi) is 4.90. The predicted molar refractivity (Wildman–Crippen MR) is 92.9 cm³/mol. The van der Waals surface area contributed by atoms with Crippen LogP contribution in [0.15, 0.2) is 36.8 Å². The molecule has 0 N–H and O–H groups in total. The van der Waals surface area contributed by atoms with E-state index >= 15 is 0 Å². The Morgan fingerprint density at radius 2 is 2.00 bits per heavy atom. The molecule has 2 saturated heterocycles. The van der Waals surface area contributed by atoms with Crippen LogP contribution in [0, 0.1) is 11.8 Å². The first-order valence-corrected chi connectivity index (χ1v) is 9.12. The van der Waals surface area contributed by atoms with Crippen molar-refractivity contribution in [3.63, 3.8) is 0 Å². The summed E-state index contributed by atoms with van der Waals surface area (Å²) in [5.41, 5.74) is 2.34. The maximum atomic E-state index is 5.55. The molecule has 0 aromatic carbocycles. The van der Waals surface area contributed by atoms with Crippen molar-refractivity contribution in [2.75, 3.05) is 26.3 Å². The van der Waals surface area contributed by atoms with Crippen molar-refractivity contribution < 1.29 is 4.74 Å². The molecule has 2 aliphatic heterocycles. The van der Waals surface area contributed by atoms with Gasteiger partial charge in [0.15, 0.2) is 0 Å². The van der Waals surface area contributed by atoms with E-state index in [1.54, 1.807) is 0 Å². The van der Waals surface area contributed by atoms with Gasteiger partial charge in [-0.3, -0.25) is 9.88 Å². The molecule has 4 heterocycles. The third-order valence-electron chi connectivity index (χ3n) is 5.31. The van der Waals surface area contributed by atoms with Gasteiger partial charge in [-0.15, -0.1) is 0 Å². The highest BCUT2D eigenvalue weighted by Gasteiger charge is 2.25. The van der Waals surface area contributed by atoms with E-state index < -0.39 is 0 Å². The second-order valence-corrected chi connectivity index (χ2v) is 7.15. The fourth-order valence-corrected chi connectivity index (χ4v) is 4.13. The fraction of sp³-hybridized carbons (Fsp3) is 0.579. The summed E-state index contributed by atoms with van der Waals surface area (Å²) in [6, 6.07) is 6.15. The highest BCUT2D eigenvalue weighted by Crippen LogP contribution is 2.28. The van der Waals surface area contributed by atoms with E-state index in [1.807, 2.05) is 35.4 Å². The molecule has 4 rings (SSSR count). The Labute approximate surface area is 143 Å². The Bertz CT molecular complexity index is 636. The number of likely N-dealkylation sites (tertiary alicyclic amines) is 1. The summed E-state index contributed by atoms with van der Waals surface area (Å²) in [4.78, 5) is 6.69. The van der Waals surface area contributed by atoms with Gasteiger partial charge in [-0.1, -0.05) is 0 Å². The van der Waals surface area contributed by atoms with E-state index in [9.17, 15) is 0 Å². The topological polar surface area (TPSA) is 43.2 Å². The molecule has 0 radical (unpaired) electrons. The summed E-state index contributed by atoms with van der Waals surface area (Å²) in [5.74, 6) is 1.61. The van der Waals surface area contributed by atoms with Gasteiger partial charge in [0.1, 0.15) is 0 Å². The summed E-state index contributed by atoms with van der Waals surface area (Å²) < 4.78 is 7.58. The molecule has 2 unspecified atom stereocenters. The zero-order chi connectivity index (χ0) is 16.2. The fourth-order valence-electron chi connectivity index (χ4n) is 4.13. The zero-order valence-electron chi connectivity index (χ0n) is 14.2. The monoisotopic (exact) mass is 326 g/mol. The van der Waals surface area contributed by atoms with Crippen LogP contribution in [0.2, 0.25) is 0 Å². The standard InChI is InChI=1S/C19H26N4O/c1-2-16(12-17-6-11-24-15-17)13-22(10-1)14-19-5-9-21-23(19)18-3-7-20-8-4-18/h3-5,7-9,16-17H,1-2,6,10-15H2. The van der Waals surface area contributed by atoms with Gasteiger partial charge in [0.05, 0.1) is 11.4 Å². The number of ether oxygens (including phenoxy) is 1. The molecule has 0 saturated carbocycles. The first-order valence-electron chi connectivity index (χ1n) is 9.12. The lowest BCUT2D eigenvalue weighted by molar-refractivity contribution is 0.137. The zero-order valence-corrected chi connectivity index (χ0v) is 14.2. The molecule has 2 atom stereocenters. The SMILES string of the molecule is c1cc(-n2nccc2CN2CCCC(CC3CCOC3)C2)ccn1. The molecule has 0 amide bonds. The van der Waals surface area contributed by atoms with Gasteiger partial charge >= 0.3 is 0 Å². The van der Waals surface area contributed by atoms with Crippen molar-refractivity contribution in [1.29, 1.82) is 0 Å². The van der Waals surface area contributed by atoms with Gasteiger partial charge in [-0.25, -0.2) is 4.68 Å². The van der Waals surface area contributed by atoms with Crippen molar-refractivity contribution in [1.82, 2.24) is 19.7 Å². The molecule has 24 heavy (non-hydrogen) atoms. The number of pyridine rings is 1. The van der Waals surface area contributed by atoms with Gasteiger partial charge in [0, 0.05) is 44.9 Å². The van der Waals surface area contributed by atoms with Crippen molar-refractivity contribution in [3.05, 3.63) is 42.5 Å². The number of piperidine rings is 1. The lowest BCUT2D eigenvalue weighted by Crippen LogP contribution is -2.36. The first kappa shape index (κ1) is 15.8. The molecular weight excluding hydrogens is 300 g/mol. The van der Waals surface area contributed by atoms with Gasteiger partial charge in [0.2, 0.25) is 0 Å². The van der Waals surface area contributed by atoms with E-state index in [1.165, 1.54) is 44.5 Å². The maximum Gasteiger partial charge on any atom is 0.0679 e. The third kappa shape index (κ3) is 3.68. The molecule has 0 bridgehead atoms. The molecule has 0 aliphatic carbocycles. The molecule has 2 aromatic heterocycles. The normalized spacial score (nSPS) is 25.2. The van der Waals surface area contributed by atoms with Crippen molar-refractivity contribution >= 4 is 0 Å². The molecule has 2 fully saturated rings. The van der Waals surface area contributed by atoms with Crippen LogP contribution in [0.1, 0.15) is 31.4 Å². The second-order valence-electron chi connectivity index (χ2n) is 7.15. The first-order chi connectivity index (χ1) is 11.9. The molecule has 5 heteroatoms. The van der Waals surface area contributed by atoms with Gasteiger partial charge < -0.3 is 4.74 Å². The molecule has 2 aromatic rings. The average molecular weight is 326 g/mol. The summed E-state index contributed by atoms with van der Waals surface area (Å²) in [7, 11) is 0. The van der Waals surface area contributed by atoms with Crippen molar-refractivity contribution in [2.45, 2.75) is 32.2 Å². The van der Waals surface area contributed by atoms with E-state index in [0.29, 0.717) is 0 Å². The number of hydrogen-bond acceptors (Lipinski definition) is 4. The van der Waals surface area contributed by atoms with E-state index in [2.05, 4.69) is 21.0 Å². The van der Waals surface area contributed by atoms with E-state index in [0.717, 1.165) is 37.3 Å². The number of aromatic nitrogens is 3. The van der Waals surface area contributed by atoms with Gasteiger partial charge in [-0.05, 0) is 62.3 Å². The minimum absolute atomic E-state index is 0.789. The Morgan fingerprint density at radius 3 is 2.83 bits per heavy atom. The molecule has 128 valence electrons. The summed E-state index contributed by atoms with van der Waals surface area (Å²) in [5, 5.41) is 4.50. The Balaban J connectivity index is 1.39. The minimum atomic E-state index is 0.789. The third-order valence-corrected chi connectivity index (χ3v) is 5.31. The largest absolute Gasteiger partial charge is 0.381 e. The predicted octanol–water partition coefficient (Wildman–Crippen LogP) is 2.91. The Hall–Kier alpha value is -1.72. The second kappa shape index (κ2) is 7.45. The van der Waals surface area contributed by atoms with Crippen LogP contribution in [0.5, 0.6) is 0 Å². The average Bonchev–Trinajstić information content (AvgIpc) is 3.28. The highest BCUT2D eigenvalue weighted by molar-refractivity contribution is 5.30. The molecule has 2 aliphatic rings. The number of rotatable bonds is 5. The van der Waals surface area contributed by atoms with Crippen LogP contribution in [0.3, 0.4) is 0 Å². The molecular formula is C19H26N4O. The number of hydrogen-bond donors (Lipinski definition) is 0. The van der Waals surface area contributed by atoms with Crippen LogP contribution < -0.4 is 0 Å². The van der Waals surface area contributed by atoms with Gasteiger partial charge in [-0.2, -0.15) is 5.10 Å². The Morgan fingerprint density at radius 1 is 1.08 bits per heavy atom. The minimum Gasteiger partial charge on any atom is -0.381 e. The van der Waals surface area contributed by atoms with Crippen LogP contribution in [-0.2, 0) is 11.3 Å². The molecule has 0 spiro atoms. The van der Waals surface area contributed by atoms with Crippen molar-refractivity contribution in [3.8, 4) is 5.69 Å². The number of nitrogens with zero attached hydrogens (tertiary/aromatic N) is 4. The van der Waals surface area contributed by atoms with Crippen LogP contribution in [-0.4, -0.2) is 46.0 Å². The van der Waals surface area contributed by atoms with Crippen LogP contribution >= 0.6 is 0 Å². The smallest absolute Gasteiger partial charge is 0.0679 e. The van der Waals surface area contributed by atoms with Gasteiger partial charge in [0.25, 0.3) is 0 Å². The summed E-state index contributed by atoms with van der Waals surface area (Å²) in [6.45, 7) is 5.31. The lowest BCUT2D eigenvalue weighted by Gasteiger charge is -2.33. The van der Waals surface area contributed by atoms with E-state index in [-0.39, 0.29) is 0 Å². The lowest BCUT2D eigenvalue weighted by atomic mass is 9.88. The summed E-state index contributed by atoms with van der Waals surface area (Å²) in [6.07, 6.45) is 10.8. The summed E-state index contributed by atoms with van der Waals surface area (Å²) >= 11 is 0. The quantitative estimate of drug-likeness (QED) is 0.847. The molecule has 5 nitrogen and oxygen atoms in total. The van der Waals surface area contributed by atoms with Crippen LogP contribution in [0.4, 0.5) is 0 Å².